The molecule has 0 heterocycles. The number of thioether (sulfide) groups is 2. The van der Waals surface area contributed by atoms with Gasteiger partial charge in [-0.25, -0.2) is 0 Å². The van der Waals surface area contributed by atoms with Gasteiger partial charge in [0.15, 0.2) is 0 Å². The van der Waals surface area contributed by atoms with Gasteiger partial charge in [-0.3, -0.25) is 0 Å². The van der Waals surface area contributed by atoms with E-state index in [0.717, 1.165) is 67.9 Å². The minimum absolute atomic E-state index is 0.576. The highest BCUT2D eigenvalue weighted by molar-refractivity contribution is 7.98. The maximum atomic E-state index is 3.94. The standard InChI is InChI=1S/C92H68N2S2/c1-3-65-33-37-67(38-34-65)63-95-81-55-45-73(46-56-81)91(71-21-9-5-10-22-71)87-31-19-17-29-83(87)85-59-53-79(61-89(85)91)93(75-25-13-7-14-26-75)77-49-41-69(42-50-77)70-43-51-78(52-44-70)94(76-27-15-8-16-28-76)80-54-60-86-84-30-18-20-32-88(84)92(90(86)62-80,72-23-11-6-12-24-72)74-47-57-82(58-48-74)96-64-68-39-35-66(4-2)36-40-68/h3-62H,1-2,63-64H2. The molecule has 0 aliphatic heterocycles. The molecule has 2 nitrogen and oxygen atoms in total. The van der Waals surface area contributed by atoms with Gasteiger partial charge in [0.2, 0.25) is 0 Å². The van der Waals surface area contributed by atoms with Gasteiger partial charge in [-0.05, 0) is 197 Å². The Hall–Kier alpha value is -11.1. The van der Waals surface area contributed by atoms with Crippen LogP contribution in [0.25, 0.3) is 45.5 Å². The van der Waals surface area contributed by atoms with Crippen LogP contribution in [0.1, 0.15) is 66.8 Å². The minimum Gasteiger partial charge on any atom is -0.310 e. The predicted octanol–water partition coefficient (Wildman–Crippen LogP) is 24.9. The van der Waals surface area contributed by atoms with Crippen LogP contribution in [-0.2, 0) is 22.3 Å². The average Bonchev–Trinajstić information content (AvgIpc) is 1.51. The van der Waals surface area contributed by atoms with E-state index >= 15 is 0 Å². The van der Waals surface area contributed by atoms with E-state index in [1.165, 1.54) is 87.7 Å². The zero-order valence-electron chi connectivity index (χ0n) is 53.2. The van der Waals surface area contributed by atoms with Crippen molar-refractivity contribution >= 4 is 69.8 Å². The summed E-state index contributed by atoms with van der Waals surface area (Å²) in [5.41, 5.74) is 27.6. The number of hydrogen-bond acceptors (Lipinski definition) is 4. The fourth-order valence-electron chi connectivity index (χ4n) is 14.9. The normalized spacial score (nSPS) is 14.8. The molecule has 16 rings (SSSR count). The fraction of sp³-hybridized carbons (Fsp3) is 0.0435. The zero-order valence-corrected chi connectivity index (χ0v) is 54.8. The summed E-state index contributed by atoms with van der Waals surface area (Å²) in [6, 6.07) is 130. The topological polar surface area (TPSA) is 6.48 Å². The van der Waals surface area contributed by atoms with Crippen molar-refractivity contribution in [2.24, 2.45) is 0 Å². The van der Waals surface area contributed by atoms with Gasteiger partial charge < -0.3 is 9.80 Å². The summed E-state index contributed by atoms with van der Waals surface area (Å²) in [6.07, 6.45) is 3.79. The quantitative estimate of drug-likeness (QED) is 0.0744. The van der Waals surface area contributed by atoms with E-state index in [4.69, 9.17) is 0 Å². The summed E-state index contributed by atoms with van der Waals surface area (Å²) in [5, 5.41) is 0. The van der Waals surface area contributed by atoms with Gasteiger partial charge in [-0.1, -0.05) is 280 Å². The highest BCUT2D eigenvalue weighted by Gasteiger charge is 2.48. The molecule has 0 saturated carbocycles. The summed E-state index contributed by atoms with van der Waals surface area (Å²) >= 11 is 3.74. The summed E-state index contributed by atoms with van der Waals surface area (Å²) < 4.78 is 0. The second-order valence-corrected chi connectivity index (χ2v) is 26.8. The minimum atomic E-state index is -0.576. The second kappa shape index (κ2) is 26.0. The number of nitrogens with zero attached hydrogens (tertiary/aromatic N) is 2. The summed E-state index contributed by atoms with van der Waals surface area (Å²) in [4.78, 5) is 7.30. The smallest absolute Gasteiger partial charge is 0.0714 e. The van der Waals surface area contributed by atoms with Crippen LogP contribution in [0.15, 0.2) is 375 Å². The number of anilines is 6. The maximum Gasteiger partial charge on any atom is 0.0714 e. The van der Waals surface area contributed by atoms with Gasteiger partial charge in [0.05, 0.1) is 10.8 Å². The summed E-state index contributed by atoms with van der Waals surface area (Å²) in [7, 11) is 0. The van der Waals surface area contributed by atoms with Crippen LogP contribution in [-0.4, -0.2) is 0 Å². The molecule has 0 bridgehead atoms. The van der Waals surface area contributed by atoms with Crippen LogP contribution < -0.4 is 9.80 Å². The van der Waals surface area contributed by atoms with Gasteiger partial charge >= 0.3 is 0 Å². The highest BCUT2D eigenvalue weighted by atomic mass is 32.2. The molecule has 0 aromatic heterocycles. The third kappa shape index (κ3) is 10.8. The first-order valence-electron chi connectivity index (χ1n) is 32.9. The molecule has 0 amide bonds. The van der Waals surface area contributed by atoms with Crippen LogP contribution in [0.4, 0.5) is 34.1 Å². The number of benzene rings is 14. The van der Waals surface area contributed by atoms with Gasteiger partial charge in [0, 0.05) is 55.4 Å². The first kappa shape index (κ1) is 59.8. The van der Waals surface area contributed by atoms with Crippen molar-refractivity contribution in [2.75, 3.05) is 9.80 Å². The highest BCUT2D eigenvalue weighted by Crippen LogP contribution is 2.59. The Labute approximate surface area is 572 Å². The van der Waals surface area contributed by atoms with E-state index in [2.05, 4.69) is 375 Å². The maximum absolute atomic E-state index is 3.94. The van der Waals surface area contributed by atoms with Gasteiger partial charge in [-0.15, -0.1) is 23.5 Å². The van der Waals surface area contributed by atoms with Crippen LogP contribution in [0, 0.1) is 0 Å². The predicted molar refractivity (Wildman–Crippen MR) is 408 cm³/mol. The van der Waals surface area contributed by atoms with E-state index in [9.17, 15) is 0 Å². The molecule has 14 aromatic carbocycles. The van der Waals surface area contributed by atoms with E-state index in [1.807, 2.05) is 35.7 Å². The van der Waals surface area contributed by atoms with Crippen molar-refractivity contribution in [1.29, 1.82) is 0 Å². The van der Waals surface area contributed by atoms with Crippen molar-refractivity contribution in [3.8, 4) is 33.4 Å². The molecule has 4 heteroatoms. The summed E-state index contributed by atoms with van der Waals surface area (Å²) in [5.74, 6) is 1.78. The molecule has 2 aliphatic carbocycles. The van der Waals surface area contributed by atoms with Gasteiger partial charge in [0.25, 0.3) is 0 Å². The van der Waals surface area contributed by atoms with E-state index in [-0.39, 0.29) is 0 Å². The lowest BCUT2D eigenvalue weighted by atomic mass is 9.67. The molecule has 0 radical (unpaired) electrons. The molecule has 2 atom stereocenters. The molecule has 458 valence electrons. The fourth-order valence-corrected chi connectivity index (χ4v) is 16.6. The number of hydrogen-bond donors (Lipinski definition) is 0. The Morgan fingerprint density at radius 2 is 0.562 bits per heavy atom. The Morgan fingerprint density at radius 3 is 0.927 bits per heavy atom. The van der Waals surface area contributed by atoms with Crippen LogP contribution in [0.5, 0.6) is 0 Å². The molecule has 14 aromatic rings. The Kier molecular flexibility index (Phi) is 16.2. The molecule has 0 fully saturated rings. The first-order valence-corrected chi connectivity index (χ1v) is 34.9. The number of rotatable bonds is 19. The van der Waals surface area contributed by atoms with Crippen molar-refractivity contribution in [2.45, 2.75) is 32.1 Å². The van der Waals surface area contributed by atoms with E-state index < -0.39 is 10.8 Å². The largest absolute Gasteiger partial charge is 0.310 e. The zero-order chi connectivity index (χ0) is 64.4. The van der Waals surface area contributed by atoms with Crippen LogP contribution >= 0.6 is 23.5 Å². The van der Waals surface area contributed by atoms with Crippen molar-refractivity contribution < 1.29 is 0 Å². The molecular formula is C92H68N2S2. The third-order valence-electron chi connectivity index (χ3n) is 19.4. The van der Waals surface area contributed by atoms with Crippen molar-refractivity contribution in [3.63, 3.8) is 0 Å². The molecule has 2 unspecified atom stereocenters. The van der Waals surface area contributed by atoms with Gasteiger partial charge in [0.1, 0.15) is 0 Å². The van der Waals surface area contributed by atoms with Crippen LogP contribution in [0.2, 0.25) is 0 Å². The van der Waals surface area contributed by atoms with E-state index in [0.29, 0.717) is 0 Å². The second-order valence-electron chi connectivity index (χ2n) is 24.7. The third-order valence-corrected chi connectivity index (χ3v) is 21.6. The SMILES string of the molecule is C=Cc1ccc(CSc2ccc(C3(c4ccccc4)c4ccccc4-c4ccc(N(c5ccccc5)c5ccc(-c6ccc(N(c7ccccc7)c7ccc8c(c7)C(c7ccccc7)(c7ccc(SCc9ccc(C=C)cc9)cc7)c7ccccc7-8)cc6)cc5)cc43)cc2)cc1. The Bertz CT molecular complexity index is 4770. The number of para-hydroxylation sites is 2. The van der Waals surface area contributed by atoms with Crippen molar-refractivity contribution in [3.05, 3.63) is 432 Å². The van der Waals surface area contributed by atoms with Gasteiger partial charge in [-0.2, -0.15) is 0 Å². The molecule has 0 N–H and O–H groups in total. The lowest BCUT2D eigenvalue weighted by Gasteiger charge is -2.35. The summed E-state index contributed by atoms with van der Waals surface area (Å²) in [6.45, 7) is 7.89. The Balaban J connectivity index is 0.736. The van der Waals surface area contributed by atoms with Crippen LogP contribution in [0.3, 0.4) is 0 Å². The molecule has 2 aliphatic rings. The first-order chi connectivity index (χ1) is 47.5. The van der Waals surface area contributed by atoms with E-state index in [1.54, 1.807) is 0 Å². The van der Waals surface area contributed by atoms with Crippen molar-refractivity contribution in [1.82, 2.24) is 0 Å². The number of fused-ring (bicyclic) bond motifs is 6. The molecule has 0 spiro atoms. The lowest BCUT2D eigenvalue weighted by molar-refractivity contribution is 0.767. The average molecular weight is 1270 g/mol. The molecular weight excluding hydrogens is 1200 g/mol. The molecule has 96 heavy (non-hydrogen) atoms. The lowest BCUT2D eigenvalue weighted by Crippen LogP contribution is -2.28. The molecule has 0 saturated heterocycles. The Morgan fingerprint density at radius 1 is 0.260 bits per heavy atom. The monoisotopic (exact) mass is 1260 g/mol.